The molecule has 0 rings (SSSR count). The highest BCUT2D eigenvalue weighted by Crippen LogP contribution is 2.14. The Kier molecular flexibility index (Phi) is 49.4. The SMILES string of the molecule is CCCC/C=C\C=C/CCCCCC(=O)OCC(COC(=O)CCCCCCCCC/C=C\C/C=C\CCCCC)OC(=O)CCCCCCCCC/C=C\CCCCCCCC. The largest absolute Gasteiger partial charge is 0.462 e. The van der Waals surface area contributed by atoms with E-state index in [4.69, 9.17) is 14.2 Å². The van der Waals surface area contributed by atoms with Gasteiger partial charge in [-0.1, -0.05) is 210 Å². The molecular weight excluding hydrogens is 781 g/mol. The first-order chi connectivity index (χ1) is 31.0. The summed E-state index contributed by atoms with van der Waals surface area (Å²) in [6.07, 6.45) is 63.5. The van der Waals surface area contributed by atoms with Crippen LogP contribution in [0.3, 0.4) is 0 Å². The van der Waals surface area contributed by atoms with E-state index in [0.29, 0.717) is 19.3 Å². The maximum atomic E-state index is 12.8. The van der Waals surface area contributed by atoms with Crippen LogP contribution in [0.2, 0.25) is 0 Å². The van der Waals surface area contributed by atoms with Crippen LogP contribution in [0.4, 0.5) is 0 Å². The van der Waals surface area contributed by atoms with Crippen LogP contribution in [-0.2, 0) is 28.6 Å². The Morgan fingerprint density at radius 3 is 1.08 bits per heavy atom. The molecule has 0 bridgehead atoms. The van der Waals surface area contributed by atoms with Crippen molar-refractivity contribution in [2.75, 3.05) is 13.2 Å². The predicted molar refractivity (Wildman–Crippen MR) is 270 cm³/mol. The van der Waals surface area contributed by atoms with Crippen molar-refractivity contribution in [1.29, 1.82) is 0 Å². The zero-order valence-corrected chi connectivity index (χ0v) is 41.6. The summed E-state index contributed by atoms with van der Waals surface area (Å²) in [7, 11) is 0. The minimum absolute atomic E-state index is 0.0883. The standard InChI is InChI=1S/C57H100O6/c1-4-7-10-13-16-19-22-24-26-28-30-32-35-38-41-44-47-50-56(59)62-53-54(52-61-55(58)49-46-43-40-37-34-21-18-15-12-9-6-3)63-57(60)51-48-45-42-39-36-33-31-29-27-25-23-20-17-14-11-8-5-2/h15-16,18-19,21,24-27,34,54H,4-14,17,20,22-23,28-33,35-53H2,1-3H3/b18-15-,19-16-,26-24-,27-25-,34-21-. The molecule has 0 aromatic rings. The number of hydrogen-bond donors (Lipinski definition) is 0. The highest BCUT2D eigenvalue weighted by molar-refractivity contribution is 5.71. The molecule has 0 N–H and O–H groups in total. The second kappa shape index (κ2) is 51.7. The number of hydrogen-bond acceptors (Lipinski definition) is 6. The Balaban J connectivity index is 4.38. The summed E-state index contributed by atoms with van der Waals surface area (Å²) in [5, 5.41) is 0. The Morgan fingerprint density at radius 1 is 0.333 bits per heavy atom. The van der Waals surface area contributed by atoms with Crippen molar-refractivity contribution < 1.29 is 28.6 Å². The summed E-state index contributed by atoms with van der Waals surface area (Å²) in [5.74, 6) is -0.924. The van der Waals surface area contributed by atoms with Gasteiger partial charge in [0.1, 0.15) is 13.2 Å². The van der Waals surface area contributed by atoms with E-state index in [1.165, 1.54) is 141 Å². The molecule has 0 saturated heterocycles. The normalized spacial score (nSPS) is 12.5. The lowest BCUT2D eigenvalue weighted by molar-refractivity contribution is -0.167. The van der Waals surface area contributed by atoms with Gasteiger partial charge in [0.2, 0.25) is 0 Å². The van der Waals surface area contributed by atoms with Gasteiger partial charge in [-0.05, 0) is 96.3 Å². The lowest BCUT2D eigenvalue weighted by Crippen LogP contribution is -2.30. The van der Waals surface area contributed by atoms with Crippen LogP contribution in [0, 0.1) is 0 Å². The Morgan fingerprint density at radius 2 is 0.635 bits per heavy atom. The molecule has 1 atom stereocenters. The van der Waals surface area contributed by atoms with Crippen LogP contribution >= 0.6 is 0 Å². The highest BCUT2D eigenvalue weighted by atomic mass is 16.6. The van der Waals surface area contributed by atoms with Gasteiger partial charge in [-0.25, -0.2) is 0 Å². The Hall–Kier alpha value is -2.89. The van der Waals surface area contributed by atoms with Gasteiger partial charge in [-0.3, -0.25) is 14.4 Å². The molecule has 0 aliphatic rings. The molecule has 0 aromatic carbocycles. The fourth-order valence-electron chi connectivity index (χ4n) is 7.38. The van der Waals surface area contributed by atoms with E-state index in [2.05, 4.69) is 81.5 Å². The fraction of sp³-hybridized carbons (Fsp3) is 0.772. The first-order valence-electron chi connectivity index (χ1n) is 26.8. The zero-order chi connectivity index (χ0) is 45.8. The molecule has 63 heavy (non-hydrogen) atoms. The number of unbranched alkanes of at least 4 members (excludes halogenated alkanes) is 28. The summed E-state index contributed by atoms with van der Waals surface area (Å²) in [6.45, 7) is 6.53. The summed E-state index contributed by atoms with van der Waals surface area (Å²) < 4.78 is 16.8. The Labute approximate surface area is 390 Å². The van der Waals surface area contributed by atoms with Gasteiger partial charge in [0.05, 0.1) is 0 Å². The number of carbonyl (C=O) groups excluding carboxylic acids is 3. The van der Waals surface area contributed by atoms with Crippen molar-refractivity contribution in [1.82, 2.24) is 0 Å². The first-order valence-corrected chi connectivity index (χ1v) is 26.8. The van der Waals surface area contributed by atoms with Crippen molar-refractivity contribution in [3.8, 4) is 0 Å². The van der Waals surface area contributed by atoms with Crippen LogP contribution < -0.4 is 0 Å². The molecule has 6 nitrogen and oxygen atoms in total. The number of esters is 3. The lowest BCUT2D eigenvalue weighted by atomic mass is 10.1. The average Bonchev–Trinajstić information content (AvgIpc) is 3.28. The van der Waals surface area contributed by atoms with E-state index in [1.807, 2.05) is 0 Å². The summed E-state index contributed by atoms with van der Waals surface area (Å²) in [5.41, 5.74) is 0. The molecule has 1 unspecified atom stereocenters. The molecule has 0 aliphatic carbocycles. The van der Waals surface area contributed by atoms with Crippen molar-refractivity contribution in [2.45, 2.75) is 271 Å². The molecule has 0 heterocycles. The minimum atomic E-state index is -0.789. The smallest absolute Gasteiger partial charge is 0.306 e. The summed E-state index contributed by atoms with van der Waals surface area (Å²) >= 11 is 0. The van der Waals surface area contributed by atoms with Crippen molar-refractivity contribution in [3.05, 3.63) is 60.8 Å². The van der Waals surface area contributed by atoms with Crippen molar-refractivity contribution in [3.63, 3.8) is 0 Å². The third-order valence-electron chi connectivity index (χ3n) is 11.5. The van der Waals surface area contributed by atoms with Gasteiger partial charge < -0.3 is 14.2 Å². The topological polar surface area (TPSA) is 78.9 Å². The van der Waals surface area contributed by atoms with Gasteiger partial charge in [0.15, 0.2) is 6.10 Å². The lowest BCUT2D eigenvalue weighted by Gasteiger charge is -2.18. The maximum absolute atomic E-state index is 12.8. The van der Waals surface area contributed by atoms with Crippen LogP contribution in [0.1, 0.15) is 265 Å². The summed E-state index contributed by atoms with van der Waals surface area (Å²) in [6, 6.07) is 0. The van der Waals surface area contributed by atoms with Gasteiger partial charge in [-0.15, -0.1) is 0 Å². The molecule has 0 spiro atoms. The van der Waals surface area contributed by atoms with Crippen LogP contribution in [-0.4, -0.2) is 37.2 Å². The molecule has 6 heteroatoms. The monoisotopic (exact) mass is 881 g/mol. The van der Waals surface area contributed by atoms with Crippen LogP contribution in [0.25, 0.3) is 0 Å². The van der Waals surface area contributed by atoms with Crippen LogP contribution in [0.5, 0.6) is 0 Å². The van der Waals surface area contributed by atoms with Gasteiger partial charge >= 0.3 is 17.9 Å². The van der Waals surface area contributed by atoms with E-state index in [1.54, 1.807) is 0 Å². The maximum Gasteiger partial charge on any atom is 0.306 e. The first kappa shape index (κ1) is 60.1. The molecular formula is C57H100O6. The van der Waals surface area contributed by atoms with E-state index >= 15 is 0 Å². The van der Waals surface area contributed by atoms with E-state index in [0.717, 1.165) is 83.5 Å². The quantitative estimate of drug-likeness (QED) is 0.0199. The zero-order valence-electron chi connectivity index (χ0n) is 41.6. The highest BCUT2D eigenvalue weighted by Gasteiger charge is 2.19. The fourth-order valence-corrected chi connectivity index (χ4v) is 7.38. The second-order valence-corrected chi connectivity index (χ2v) is 17.8. The predicted octanol–water partition coefficient (Wildman–Crippen LogP) is 17.6. The van der Waals surface area contributed by atoms with Crippen molar-refractivity contribution >= 4 is 17.9 Å². The van der Waals surface area contributed by atoms with Crippen LogP contribution in [0.15, 0.2) is 60.8 Å². The second-order valence-electron chi connectivity index (χ2n) is 17.8. The molecule has 0 amide bonds. The summed E-state index contributed by atoms with van der Waals surface area (Å²) in [4.78, 5) is 38.0. The Bertz CT molecular complexity index is 1150. The molecule has 0 saturated carbocycles. The number of allylic oxidation sites excluding steroid dienone is 10. The average molecular weight is 881 g/mol. The molecule has 364 valence electrons. The molecule has 0 aliphatic heterocycles. The molecule has 0 fully saturated rings. The van der Waals surface area contributed by atoms with Gasteiger partial charge in [0, 0.05) is 19.3 Å². The van der Waals surface area contributed by atoms with E-state index < -0.39 is 6.10 Å². The van der Waals surface area contributed by atoms with Gasteiger partial charge in [0.25, 0.3) is 0 Å². The third kappa shape index (κ3) is 50.0. The molecule has 0 radical (unpaired) electrons. The van der Waals surface area contributed by atoms with Gasteiger partial charge in [-0.2, -0.15) is 0 Å². The number of carbonyl (C=O) groups is 3. The van der Waals surface area contributed by atoms with E-state index in [9.17, 15) is 14.4 Å². The number of ether oxygens (including phenoxy) is 3. The minimum Gasteiger partial charge on any atom is -0.462 e. The third-order valence-corrected chi connectivity index (χ3v) is 11.5. The van der Waals surface area contributed by atoms with Crippen molar-refractivity contribution in [2.24, 2.45) is 0 Å². The number of rotatable bonds is 48. The molecule has 0 aromatic heterocycles. The van der Waals surface area contributed by atoms with E-state index in [-0.39, 0.29) is 31.1 Å².